The lowest BCUT2D eigenvalue weighted by molar-refractivity contribution is -0.122. The van der Waals surface area contributed by atoms with Gasteiger partial charge in [0.1, 0.15) is 0 Å². The molecule has 2 heterocycles. The van der Waals surface area contributed by atoms with Gasteiger partial charge in [0.05, 0.1) is 18.2 Å². The Kier molecular flexibility index (Phi) is 6.29. The number of aromatic nitrogens is 1. The number of carbonyl (C=O) groups excluding carboxylic acids is 1. The zero-order chi connectivity index (χ0) is 15.9. The average Bonchev–Trinajstić information content (AvgIpc) is 2.97. The highest BCUT2D eigenvalue weighted by molar-refractivity contribution is 7.09. The molecule has 122 valence electrons. The fourth-order valence-corrected chi connectivity index (χ4v) is 3.09. The third-order valence-corrected chi connectivity index (χ3v) is 4.49. The highest BCUT2D eigenvalue weighted by atomic mass is 32.1. The second kappa shape index (κ2) is 8.21. The van der Waals surface area contributed by atoms with Crippen molar-refractivity contribution in [1.82, 2.24) is 15.2 Å². The molecule has 1 fully saturated rings. The van der Waals surface area contributed by atoms with E-state index in [9.17, 15) is 9.59 Å². The Bertz CT molecular complexity index is 514. The molecule has 2 N–H and O–H groups in total. The molecule has 0 aromatic carbocycles. The summed E-state index contributed by atoms with van der Waals surface area (Å²) in [6, 6.07) is 0.197. The molecule has 1 aliphatic heterocycles. The van der Waals surface area contributed by atoms with Crippen LogP contribution in [0, 0.1) is 0 Å². The minimum Gasteiger partial charge on any atom is -0.476 e. The Morgan fingerprint density at radius 3 is 2.86 bits per heavy atom. The molecule has 8 heteroatoms. The summed E-state index contributed by atoms with van der Waals surface area (Å²) in [6.45, 7) is 5.70. The molecule has 0 saturated carbocycles. The van der Waals surface area contributed by atoms with Gasteiger partial charge in [0.25, 0.3) is 0 Å². The van der Waals surface area contributed by atoms with Gasteiger partial charge in [-0.15, -0.1) is 11.3 Å². The summed E-state index contributed by atoms with van der Waals surface area (Å²) in [6.07, 6.45) is 1.01. The molecule has 0 unspecified atom stereocenters. The first kappa shape index (κ1) is 16.9. The summed E-state index contributed by atoms with van der Waals surface area (Å²) in [7, 11) is 0. The number of thiazole rings is 1. The summed E-state index contributed by atoms with van der Waals surface area (Å²) in [5.74, 6) is -1.01. The summed E-state index contributed by atoms with van der Waals surface area (Å²) in [5.41, 5.74) is 0.0623. The van der Waals surface area contributed by atoms with E-state index < -0.39 is 5.97 Å². The molecule has 1 amide bonds. The van der Waals surface area contributed by atoms with E-state index in [0.717, 1.165) is 31.3 Å². The van der Waals surface area contributed by atoms with E-state index in [4.69, 9.17) is 9.84 Å². The number of rotatable bonds is 7. The van der Waals surface area contributed by atoms with Gasteiger partial charge in [0, 0.05) is 43.9 Å². The number of hydrogen-bond acceptors (Lipinski definition) is 6. The van der Waals surface area contributed by atoms with Crippen LogP contribution in [0.25, 0.3) is 0 Å². The van der Waals surface area contributed by atoms with Crippen LogP contribution in [0.4, 0.5) is 0 Å². The van der Waals surface area contributed by atoms with Crippen molar-refractivity contribution >= 4 is 23.2 Å². The van der Waals surface area contributed by atoms with Crippen LogP contribution in [0.2, 0.25) is 0 Å². The largest absolute Gasteiger partial charge is 0.476 e. The molecule has 1 atom stereocenters. The molecule has 22 heavy (non-hydrogen) atoms. The lowest BCUT2D eigenvalue weighted by atomic mass is 10.2. The number of hydrogen-bond donors (Lipinski definition) is 2. The van der Waals surface area contributed by atoms with Gasteiger partial charge in [0.15, 0.2) is 5.69 Å². The van der Waals surface area contributed by atoms with Crippen molar-refractivity contribution in [2.75, 3.05) is 32.8 Å². The zero-order valence-corrected chi connectivity index (χ0v) is 13.4. The third kappa shape index (κ3) is 5.04. The first-order valence-electron chi connectivity index (χ1n) is 7.32. The fourth-order valence-electron chi connectivity index (χ4n) is 2.32. The summed E-state index contributed by atoms with van der Waals surface area (Å²) in [4.78, 5) is 28.9. The quantitative estimate of drug-likeness (QED) is 0.762. The molecule has 2 rings (SSSR count). The third-order valence-electron chi connectivity index (χ3n) is 3.58. The maximum Gasteiger partial charge on any atom is 0.355 e. The van der Waals surface area contributed by atoms with Crippen LogP contribution in [0.15, 0.2) is 5.38 Å². The van der Waals surface area contributed by atoms with E-state index in [-0.39, 0.29) is 17.6 Å². The predicted octanol–water partition coefficient (Wildman–Crippen LogP) is 0.611. The van der Waals surface area contributed by atoms with Crippen LogP contribution in [-0.4, -0.2) is 65.8 Å². The van der Waals surface area contributed by atoms with E-state index >= 15 is 0 Å². The maximum absolute atomic E-state index is 11.9. The van der Waals surface area contributed by atoms with Gasteiger partial charge in [-0.3, -0.25) is 9.69 Å². The van der Waals surface area contributed by atoms with Gasteiger partial charge < -0.3 is 15.2 Å². The Balaban J connectivity index is 1.67. The molecule has 0 bridgehead atoms. The zero-order valence-electron chi connectivity index (χ0n) is 12.6. The maximum atomic E-state index is 11.9. The Morgan fingerprint density at radius 2 is 2.23 bits per heavy atom. The molecule has 0 aliphatic carbocycles. The predicted molar refractivity (Wildman–Crippen MR) is 82.3 cm³/mol. The standard InChI is InChI=1S/C14H21N3O4S/c1-10(17-4-6-21-7-5-17)8-12(18)15-3-2-13-16-11(9-22-13)14(19)20/h9-10H,2-8H2,1H3,(H,15,18)(H,19,20)/t10-/m1/s1. The molecular formula is C14H21N3O4S. The topological polar surface area (TPSA) is 91.8 Å². The number of carboxylic acids is 1. The van der Waals surface area contributed by atoms with Gasteiger partial charge in [-0.1, -0.05) is 0 Å². The van der Waals surface area contributed by atoms with Gasteiger partial charge >= 0.3 is 5.97 Å². The van der Waals surface area contributed by atoms with Crippen LogP contribution in [-0.2, 0) is 16.0 Å². The summed E-state index contributed by atoms with van der Waals surface area (Å²) in [5, 5.41) is 13.9. The van der Waals surface area contributed by atoms with Gasteiger partial charge in [-0.05, 0) is 6.92 Å². The normalized spacial score (nSPS) is 17.1. The molecule has 7 nitrogen and oxygen atoms in total. The molecule has 1 aromatic heterocycles. The highest BCUT2D eigenvalue weighted by Gasteiger charge is 2.19. The number of carbonyl (C=O) groups is 2. The molecule has 1 aromatic rings. The molecule has 0 radical (unpaired) electrons. The monoisotopic (exact) mass is 327 g/mol. The second-order valence-electron chi connectivity index (χ2n) is 5.23. The Labute approximate surface area is 133 Å². The average molecular weight is 327 g/mol. The van der Waals surface area contributed by atoms with E-state index in [1.807, 2.05) is 6.92 Å². The number of carboxylic acid groups (broad SMARTS) is 1. The van der Waals surface area contributed by atoms with E-state index in [1.54, 1.807) is 0 Å². The first-order chi connectivity index (χ1) is 10.6. The van der Waals surface area contributed by atoms with E-state index in [0.29, 0.717) is 19.4 Å². The van der Waals surface area contributed by atoms with Crippen LogP contribution in [0.5, 0.6) is 0 Å². The van der Waals surface area contributed by atoms with Crippen molar-refractivity contribution in [3.63, 3.8) is 0 Å². The van der Waals surface area contributed by atoms with Crippen LogP contribution in [0.3, 0.4) is 0 Å². The van der Waals surface area contributed by atoms with Crippen molar-refractivity contribution in [3.05, 3.63) is 16.1 Å². The van der Waals surface area contributed by atoms with Gasteiger partial charge in [-0.25, -0.2) is 9.78 Å². The number of aromatic carboxylic acids is 1. The minimum atomic E-state index is -1.02. The first-order valence-corrected chi connectivity index (χ1v) is 8.20. The van der Waals surface area contributed by atoms with Crippen LogP contribution >= 0.6 is 11.3 Å². The van der Waals surface area contributed by atoms with Crippen molar-refractivity contribution in [1.29, 1.82) is 0 Å². The number of amides is 1. The van der Waals surface area contributed by atoms with Crippen molar-refractivity contribution in [2.45, 2.75) is 25.8 Å². The Hall–Kier alpha value is -1.51. The van der Waals surface area contributed by atoms with E-state index in [2.05, 4.69) is 15.2 Å². The van der Waals surface area contributed by atoms with Gasteiger partial charge in [-0.2, -0.15) is 0 Å². The van der Waals surface area contributed by atoms with Crippen LogP contribution < -0.4 is 5.32 Å². The molecule has 1 saturated heterocycles. The van der Waals surface area contributed by atoms with E-state index in [1.165, 1.54) is 16.7 Å². The number of ether oxygens (including phenoxy) is 1. The molecular weight excluding hydrogens is 306 g/mol. The van der Waals surface area contributed by atoms with Crippen molar-refractivity contribution < 1.29 is 19.4 Å². The lowest BCUT2D eigenvalue weighted by Crippen LogP contribution is -2.44. The van der Waals surface area contributed by atoms with Crippen LogP contribution in [0.1, 0.15) is 28.8 Å². The second-order valence-corrected chi connectivity index (χ2v) is 6.18. The molecule has 0 spiro atoms. The Morgan fingerprint density at radius 1 is 1.50 bits per heavy atom. The smallest absolute Gasteiger partial charge is 0.355 e. The van der Waals surface area contributed by atoms with Crippen molar-refractivity contribution in [2.24, 2.45) is 0 Å². The number of morpholine rings is 1. The minimum absolute atomic E-state index is 0.00834. The summed E-state index contributed by atoms with van der Waals surface area (Å²) < 4.78 is 5.30. The lowest BCUT2D eigenvalue weighted by Gasteiger charge is -2.31. The number of nitrogens with one attached hydrogen (secondary N) is 1. The molecule has 1 aliphatic rings. The van der Waals surface area contributed by atoms with Crippen molar-refractivity contribution in [3.8, 4) is 0 Å². The van der Waals surface area contributed by atoms with Gasteiger partial charge in [0.2, 0.25) is 5.91 Å². The highest BCUT2D eigenvalue weighted by Crippen LogP contribution is 2.10. The SMILES string of the molecule is C[C@H](CC(=O)NCCc1nc(C(=O)O)cs1)N1CCOCC1. The fraction of sp³-hybridized carbons (Fsp3) is 0.643. The number of nitrogens with zero attached hydrogens (tertiary/aromatic N) is 2. The summed E-state index contributed by atoms with van der Waals surface area (Å²) >= 11 is 1.30.